The molecule has 0 unspecified atom stereocenters. The molecule has 2 N–H and O–H groups in total. The second kappa shape index (κ2) is 5.41. The number of nitrogens with two attached hydrogens (primary N) is 1. The van der Waals surface area contributed by atoms with Gasteiger partial charge < -0.3 is 10.3 Å². The number of benzene rings is 1. The van der Waals surface area contributed by atoms with Gasteiger partial charge in [0, 0.05) is 30.2 Å². The van der Waals surface area contributed by atoms with E-state index in [0.717, 1.165) is 6.54 Å². The van der Waals surface area contributed by atoms with Crippen LogP contribution in [0.25, 0.3) is 10.9 Å². The van der Waals surface area contributed by atoms with Gasteiger partial charge in [0.25, 0.3) is 0 Å². The SMILES string of the molecule is CSCCCn1ccc2c(CN)cccc21. The molecule has 0 aliphatic heterocycles. The second-order valence-electron chi connectivity index (χ2n) is 3.91. The number of aromatic nitrogens is 1. The number of thioether (sulfide) groups is 1. The van der Waals surface area contributed by atoms with E-state index in [0.29, 0.717) is 6.54 Å². The van der Waals surface area contributed by atoms with E-state index in [2.05, 4.69) is 41.3 Å². The summed E-state index contributed by atoms with van der Waals surface area (Å²) in [4.78, 5) is 0. The highest BCUT2D eigenvalue weighted by molar-refractivity contribution is 7.98. The van der Waals surface area contributed by atoms with Crippen molar-refractivity contribution in [1.82, 2.24) is 4.57 Å². The molecule has 0 bridgehead atoms. The lowest BCUT2D eigenvalue weighted by Crippen LogP contribution is -1.99. The number of hydrogen-bond donors (Lipinski definition) is 1. The molecule has 0 atom stereocenters. The van der Waals surface area contributed by atoms with Crippen molar-refractivity contribution in [2.24, 2.45) is 5.73 Å². The fraction of sp³-hybridized carbons (Fsp3) is 0.385. The normalized spacial score (nSPS) is 11.1. The van der Waals surface area contributed by atoms with Crippen molar-refractivity contribution in [1.29, 1.82) is 0 Å². The summed E-state index contributed by atoms with van der Waals surface area (Å²) in [6.45, 7) is 1.71. The van der Waals surface area contributed by atoms with Crippen LogP contribution in [0.4, 0.5) is 0 Å². The minimum Gasteiger partial charge on any atom is -0.347 e. The van der Waals surface area contributed by atoms with Crippen molar-refractivity contribution < 1.29 is 0 Å². The van der Waals surface area contributed by atoms with Crippen LogP contribution >= 0.6 is 11.8 Å². The Morgan fingerprint density at radius 2 is 2.19 bits per heavy atom. The van der Waals surface area contributed by atoms with Crippen LogP contribution in [-0.2, 0) is 13.1 Å². The summed E-state index contributed by atoms with van der Waals surface area (Å²) in [6, 6.07) is 8.55. The monoisotopic (exact) mass is 234 g/mol. The lowest BCUT2D eigenvalue weighted by molar-refractivity contribution is 0.709. The first-order valence-corrected chi connectivity index (χ1v) is 7.02. The molecule has 86 valence electrons. The highest BCUT2D eigenvalue weighted by atomic mass is 32.2. The average molecular weight is 234 g/mol. The largest absolute Gasteiger partial charge is 0.347 e. The van der Waals surface area contributed by atoms with Gasteiger partial charge in [-0.3, -0.25) is 0 Å². The summed E-state index contributed by atoms with van der Waals surface area (Å²) in [5.74, 6) is 1.22. The molecule has 0 spiro atoms. The molecule has 3 heteroatoms. The van der Waals surface area contributed by atoms with Crippen LogP contribution in [-0.4, -0.2) is 16.6 Å². The van der Waals surface area contributed by atoms with Gasteiger partial charge in [-0.15, -0.1) is 0 Å². The van der Waals surface area contributed by atoms with Crippen molar-refractivity contribution in [3.8, 4) is 0 Å². The van der Waals surface area contributed by atoms with Crippen molar-refractivity contribution in [3.05, 3.63) is 36.0 Å². The summed E-state index contributed by atoms with van der Waals surface area (Å²) in [6.07, 6.45) is 5.54. The van der Waals surface area contributed by atoms with Gasteiger partial charge in [0.05, 0.1) is 0 Å². The van der Waals surface area contributed by atoms with Gasteiger partial charge in [-0.1, -0.05) is 12.1 Å². The summed E-state index contributed by atoms with van der Waals surface area (Å²) in [5, 5.41) is 1.30. The highest BCUT2D eigenvalue weighted by Gasteiger charge is 2.03. The minimum atomic E-state index is 0.617. The maximum atomic E-state index is 5.73. The van der Waals surface area contributed by atoms with Gasteiger partial charge in [0.1, 0.15) is 0 Å². The van der Waals surface area contributed by atoms with Gasteiger partial charge in [0.2, 0.25) is 0 Å². The van der Waals surface area contributed by atoms with Crippen molar-refractivity contribution in [2.45, 2.75) is 19.5 Å². The second-order valence-corrected chi connectivity index (χ2v) is 4.90. The van der Waals surface area contributed by atoms with E-state index in [-0.39, 0.29) is 0 Å². The molecule has 0 amide bonds. The van der Waals surface area contributed by atoms with Crippen LogP contribution in [0.3, 0.4) is 0 Å². The third-order valence-corrected chi connectivity index (χ3v) is 3.57. The molecule has 0 saturated carbocycles. The first-order valence-electron chi connectivity index (χ1n) is 5.62. The number of nitrogens with zero attached hydrogens (tertiary/aromatic N) is 1. The molecule has 1 heterocycles. The Labute approximate surface area is 101 Å². The van der Waals surface area contributed by atoms with E-state index >= 15 is 0 Å². The molecule has 2 nitrogen and oxygen atoms in total. The first kappa shape index (κ1) is 11.6. The zero-order chi connectivity index (χ0) is 11.4. The van der Waals surface area contributed by atoms with Crippen molar-refractivity contribution in [3.63, 3.8) is 0 Å². The van der Waals surface area contributed by atoms with Gasteiger partial charge in [-0.2, -0.15) is 11.8 Å². The molecule has 0 saturated heterocycles. The van der Waals surface area contributed by atoms with Gasteiger partial charge in [-0.05, 0) is 36.1 Å². The van der Waals surface area contributed by atoms with Gasteiger partial charge in [-0.25, -0.2) is 0 Å². The van der Waals surface area contributed by atoms with E-state index in [1.165, 1.54) is 28.6 Å². The third kappa shape index (κ3) is 2.25. The van der Waals surface area contributed by atoms with Gasteiger partial charge >= 0.3 is 0 Å². The molecule has 1 aromatic heterocycles. The van der Waals surface area contributed by atoms with E-state index in [4.69, 9.17) is 5.73 Å². The predicted octanol–water partition coefficient (Wildman–Crippen LogP) is 2.85. The van der Waals surface area contributed by atoms with E-state index in [1.54, 1.807) is 0 Å². The van der Waals surface area contributed by atoms with Gasteiger partial charge in [0.15, 0.2) is 0 Å². The standard InChI is InChI=1S/C13H18N2S/c1-16-9-3-7-15-8-6-12-11(10-14)4-2-5-13(12)15/h2,4-6,8H,3,7,9-10,14H2,1H3. The van der Waals surface area contributed by atoms with Crippen molar-refractivity contribution >= 4 is 22.7 Å². The summed E-state index contributed by atoms with van der Waals surface area (Å²) >= 11 is 1.90. The molecule has 0 fully saturated rings. The maximum Gasteiger partial charge on any atom is 0.0483 e. The topological polar surface area (TPSA) is 30.9 Å². The summed E-state index contributed by atoms with van der Waals surface area (Å²) in [5.41, 5.74) is 8.28. The van der Waals surface area contributed by atoms with Crippen LogP contribution in [0, 0.1) is 0 Å². The quantitative estimate of drug-likeness (QED) is 0.806. The predicted molar refractivity (Wildman–Crippen MR) is 72.8 cm³/mol. The molecule has 1 aromatic carbocycles. The number of hydrogen-bond acceptors (Lipinski definition) is 2. The zero-order valence-corrected chi connectivity index (χ0v) is 10.5. The van der Waals surface area contributed by atoms with Crippen LogP contribution in [0.5, 0.6) is 0 Å². The Kier molecular flexibility index (Phi) is 3.91. The fourth-order valence-electron chi connectivity index (χ4n) is 2.04. The van der Waals surface area contributed by atoms with Crippen molar-refractivity contribution in [2.75, 3.05) is 12.0 Å². The van der Waals surface area contributed by atoms with E-state index < -0.39 is 0 Å². The fourth-order valence-corrected chi connectivity index (χ4v) is 2.46. The number of aryl methyl sites for hydroxylation is 1. The molecular weight excluding hydrogens is 216 g/mol. The summed E-state index contributed by atoms with van der Waals surface area (Å²) in [7, 11) is 0. The number of rotatable bonds is 5. The number of fused-ring (bicyclic) bond motifs is 1. The van der Waals surface area contributed by atoms with E-state index in [9.17, 15) is 0 Å². The molecule has 0 radical (unpaired) electrons. The molecule has 16 heavy (non-hydrogen) atoms. The average Bonchev–Trinajstić information content (AvgIpc) is 2.73. The van der Waals surface area contributed by atoms with Crippen LogP contribution in [0.2, 0.25) is 0 Å². The maximum absolute atomic E-state index is 5.73. The smallest absolute Gasteiger partial charge is 0.0483 e. The molecule has 0 aliphatic carbocycles. The molecular formula is C13H18N2S. The highest BCUT2D eigenvalue weighted by Crippen LogP contribution is 2.20. The first-order chi connectivity index (χ1) is 7.86. The Balaban J connectivity index is 2.27. The Morgan fingerprint density at radius 1 is 1.31 bits per heavy atom. The van der Waals surface area contributed by atoms with Crippen LogP contribution in [0.1, 0.15) is 12.0 Å². The molecule has 2 rings (SSSR count). The Morgan fingerprint density at radius 3 is 2.94 bits per heavy atom. The molecule has 2 aromatic rings. The third-order valence-electron chi connectivity index (χ3n) is 2.87. The van der Waals surface area contributed by atoms with Crippen LogP contribution in [0.15, 0.2) is 30.5 Å². The van der Waals surface area contributed by atoms with Crippen LogP contribution < -0.4 is 5.73 Å². The lowest BCUT2D eigenvalue weighted by Gasteiger charge is -2.05. The zero-order valence-electron chi connectivity index (χ0n) is 9.65. The lowest BCUT2D eigenvalue weighted by atomic mass is 10.1. The Bertz CT molecular complexity index is 462. The molecule has 0 aliphatic rings. The van der Waals surface area contributed by atoms with E-state index in [1.807, 2.05) is 11.8 Å². The summed E-state index contributed by atoms with van der Waals surface area (Å²) < 4.78 is 2.32. The minimum absolute atomic E-state index is 0.617. The Hall–Kier alpha value is -0.930.